The summed E-state index contributed by atoms with van der Waals surface area (Å²) in [7, 11) is 0. The molecule has 0 spiro atoms. The zero-order valence-electron chi connectivity index (χ0n) is 15.0. The summed E-state index contributed by atoms with van der Waals surface area (Å²) in [6.45, 7) is 4.63. The normalized spacial score (nSPS) is 11.1. The number of aliphatic carboxylic acids is 1. The Morgan fingerprint density at radius 3 is 2.50 bits per heavy atom. The van der Waals surface area contributed by atoms with Crippen molar-refractivity contribution in [3.8, 4) is 5.75 Å². The lowest BCUT2D eigenvalue weighted by Gasteiger charge is -2.08. The summed E-state index contributed by atoms with van der Waals surface area (Å²) in [6, 6.07) is 14.0. The molecule has 5 nitrogen and oxygen atoms in total. The van der Waals surface area contributed by atoms with E-state index < -0.39 is 11.9 Å². The molecular formula is C21H23NO4. The van der Waals surface area contributed by atoms with Gasteiger partial charge in [0, 0.05) is 5.56 Å². The van der Waals surface area contributed by atoms with Gasteiger partial charge in [0.15, 0.2) is 0 Å². The summed E-state index contributed by atoms with van der Waals surface area (Å²) in [4.78, 5) is 23.8. The Bertz CT molecular complexity index is 794. The summed E-state index contributed by atoms with van der Waals surface area (Å²) in [5, 5.41) is 11.8. The Morgan fingerprint density at radius 2 is 1.88 bits per heavy atom. The van der Waals surface area contributed by atoms with E-state index >= 15 is 0 Å². The van der Waals surface area contributed by atoms with Gasteiger partial charge in [0.2, 0.25) is 0 Å². The molecule has 2 rings (SSSR count). The molecule has 2 aromatic rings. The van der Waals surface area contributed by atoms with Gasteiger partial charge in [-0.15, -0.1) is 0 Å². The fourth-order valence-corrected chi connectivity index (χ4v) is 2.31. The van der Waals surface area contributed by atoms with Crippen LogP contribution in [-0.4, -0.2) is 23.6 Å². The predicted octanol–water partition coefficient (Wildman–Crippen LogP) is 4.03. The lowest BCUT2D eigenvalue weighted by Crippen LogP contribution is -2.27. The van der Waals surface area contributed by atoms with Gasteiger partial charge in [-0.05, 0) is 49.2 Å². The third-order valence-electron chi connectivity index (χ3n) is 3.71. The minimum absolute atomic E-state index is 0.177. The van der Waals surface area contributed by atoms with Crippen molar-refractivity contribution in [2.24, 2.45) is 0 Å². The van der Waals surface area contributed by atoms with E-state index in [4.69, 9.17) is 4.74 Å². The number of rotatable bonds is 8. The highest BCUT2D eigenvalue weighted by Crippen LogP contribution is 2.14. The quantitative estimate of drug-likeness (QED) is 0.555. The number of amides is 1. The van der Waals surface area contributed by atoms with Gasteiger partial charge in [0.1, 0.15) is 11.4 Å². The number of hydrogen-bond donors (Lipinski definition) is 2. The number of carboxylic acids is 1. The number of aryl methyl sites for hydroxylation is 1. The Kier molecular flexibility index (Phi) is 6.97. The second-order valence-electron chi connectivity index (χ2n) is 5.96. The van der Waals surface area contributed by atoms with Crippen LogP contribution in [0, 0.1) is 6.92 Å². The number of carboxylic acid groups (broad SMARTS) is 1. The minimum atomic E-state index is -1.20. The number of ether oxygens (including phenoxy) is 1. The monoisotopic (exact) mass is 353 g/mol. The van der Waals surface area contributed by atoms with E-state index in [9.17, 15) is 14.7 Å². The number of nitrogens with one attached hydrogen (secondary N) is 1. The van der Waals surface area contributed by atoms with Crippen LogP contribution in [0.3, 0.4) is 0 Å². The molecule has 2 aromatic carbocycles. The second kappa shape index (κ2) is 9.42. The molecule has 136 valence electrons. The molecule has 0 aliphatic rings. The van der Waals surface area contributed by atoms with Gasteiger partial charge >= 0.3 is 5.97 Å². The Balaban J connectivity index is 2.09. The van der Waals surface area contributed by atoms with E-state index in [-0.39, 0.29) is 5.70 Å². The maximum atomic E-state index is 12.3. The van der Waals surface area contributed by atoms with Gasteiger partial charge < -0.3 is 15.2 Å². The number of unbranched alkanes of at least 4 members (excludes halogenated alkanes) is 1. The predicted molar refractivity (Wildman–Crippen MR) is 101 cm³/mol. The van der Waals surface area contributed by atoms with Crippen molar-refractivity contribution in [3.05, 3.63) is 70.9 Å². The van der Waals surface area contributed by atoms with Crippen molar-refractivity contribution >= 4 is 18.0 Å². The number of hydrogen-bond acceptors (Lipinski definition) is 3. The molecule has 0 radical (unpaired) electrons. The number of benzene rings is 2. The van der Waals surface area contributed by atoms with E-state index in [0.29, 0.717) is 23.5 Å². The first-order chi connectivity index (χ1) is 12.5. The first kappa shape index (κ1) is 19.2. The smallest absolute Gasteiger partial charge is 0.352 e. The van der Waals surface area contributed by atoms with E-state index in [1.54, 1.807) is 30.3 Å². The largest absolute Gasteiger partial charge is 0.494 e. The van der Waals surface area contributed by atoms with E-state index in [1.165, 1.54) is 6.08 Å². The molecule has 0 aliphatic heterocycles. The third-order valence-corrected chi connectivity index (χ3v) is 3.71. The van der Waals surface area contributed by atoms with Crippen LogP contribution in [0.1, 0.15) is 41.3 Å². The van der Waals surface area contributed by atoms with Crippen LogP contribution in [0.2, 0.25) is 0 Å². The van der Waals surface area contributed by atoms with Crippen molar-refractivity contribution in [2.75, 3.05) is 6.61 Å². The zero-order chi connectivity index (χ0) is 18.9. The molecule has 0 aromatic heterocycles. The maximum Gasteiger partial charge on any atom is 0.352 e. The fourth-order valence-electron chi connectivity index (χ4n) is 2.31. The van der Waals surface area contributed by atoms with Gasteiger partial charge in [-0.25, -0.2) is 4.79 Å². The molecule has 0 heterocycles. The summed E-state index contributed by atoms with van der Waals surface area (Å²) < 4.78 is 5.55. The molecular weight excluding hydrogens is 330 g/mol. The van der Waals surface area contributed by atoms with Crippen molar-refractivity contribution in [1.29, 1.82) is 0 Å². The maximum absolute atomic E-state index is 12.3. The Labute approximate surface area is 153 Å². The van der Waals surface area contributed by atoms with Crippen LogP contribution >= 0.6 is 0 Å². The molecule has 26 heavy (non-hydrogen) atoms. The highest BCUT2D eigenvalue weighted by atomic mass is 16.5. The SMILES string of the molecule is CCCCOc1ccc(C(=O)N/C(=C/c2cccc(C)c2)C(=O)O)cc1. The van der Waals surface area contributed by atoms with Crippen LogP contribution in [0.15, 0.2) is 54.2 Å². The van der Waals surface area contributed by atoms with E-state index in [2.05, 4.69) is 12.2 Å². The third kappa shape index (κ3) is 5.77. The van der Waals surface area contributed by atoms with Crippen molar-refractivity contribution < 1.29 is 19.4 Å². The molecule has 0 aliphatic carbocycles. The molecule has 0 atom stereocenters. The lowest BCUT2D eigenvalue weighted by molar-refractivity contribution is -0.132. The average Bonchev–Trinajstić information content (AvgIpc) is 2.62. The van der Waals surface area contributed by atoms with Gasteiger partial charge in [-0.1, -0.05) is 43.2 Å². The van der Waals surface area contributed by atoms with Gasteiger partial charge in [-0.3, -0.25) is 4.79 Å². The Morgan fingerprint density at radius 1 is 1.15 bits per heavy atom. The summed E-state index contributed by atoms with van der Waals surface area (Å²) in [5.41, 5.74) is 1.91. The highest BCUT2D eigenvalue weighted by molar-refractivity contribution is 6.02. The van der Waals surface area contributed by atoms with E-state index in [0.717, 1.165) is 18.4 Å². The van der Waals surface area contributed by atoms with Crippen molar-refractivity contribution in [1.82, 2.24) is 5.32 Å². The van der Waals surface area contributed by atoms with Gasteiger partial charge in [-0.2, -0.15) is 0 Å². The van der Waals surface area contributed by atoms with Crippen LogP contribution in [0.25, 0.3) is 6.08 Å². The molecule has 0 saturated heterocycles. The highest BCUT2D eigenvalue weighted by Gasteiger charge is 2.13. The molecule has 2 N–H and O–H groups in total. The standard InChI is InChI=1S/C21H23NO4/c1-3-4-12-26-18-10-8-17(9-11-18)20(23)22-19(21(24)25)14-16-7-5-6-15(2)13-16/h5-11,13-14H,3-4,12H2,1-2H3,(H,22,23)(H,24,25)/b19-14+. The Hall–Kier alpha value is -3.08. The fraction of sp³-hybridized carbons (Fsp3) is 0.238. The van der Waals surface area contributed by atoms with Gasteiger partial charge in [0.05, 0.1) is 6.61 Å². The molecule has 0 unspecified atom stereocenters. The number of carbonyl (C=O) groups excluding carboxylic acids is 1. The molecule has 0 fully saturated rings. The second-order valence-corrected chi connectivity index (χ2v) is 5.96. The minimum Gasteiger partial charge on any atom is -0.494 e. The van der Waals surface area contributed by atoms with Crippen LogP contribution in [0.4, 0.5) is 0 Å². The lowest BCUT2D eigenvalue weighted by atomic mass is 10.1. The van der Waals surface area contributed by atoms with Crippen LogP contribution in [-0.2, 0) is 4.79 Å². The number of carbonyl (C=O) groups is 2. The molecule has 1 amide bonds. The topological polar surface area (TPSA) is 75.6 Å². The average molecular weight is 353 g/mol. The molecule has 0 saturated carbocycles. The molecule has 5 heteroatoms. The van der Waals surface area contributed by atoms with Crippen LogP contribution < -0.4 is 10.1 Å². The summed E-state index contributed by atoms with van der Waals surface area (Å²) >= 11 is 0. The van der Waals surface area contributed by atoms with Crippen molar-refractivity contribution in [2.45, 2.75) is 26.7 Å². The zero-order valence-corrected chi connectivity index (χ0v) is 15.0. The van der Waals surface area contributed by atoms with Crippen LogP contribution in [0.5, 0.6) is 5.75 Å². The first-order valence-corrected chi connectivity index (χ1v) is 8.55. The van der Waals surface area contributed by atoms with Crippen molar-refractivity contribution in [3.63, 3.8) is 0 Å². The summed E-state index contributed by atoms with van der Waals surface area (Å²) in [6.07, 6.45) is 3.45. The van der Waals surface area contributed by atoms with E-state index in [1.807, 2.05) is 25.1 Å². The van der Waals surface area contributed by atoms with Gasteiger partial charge in [0.25, 0.3) is 5.91 Å². The summed E-state index contributed by atoms with van der Waals surface area (Å²) in [5.74, 6) is -0.991. The molecule has 0 bridgehead atoms. The first-order valence-electron chi connectivity index (χ1n) is 8.55.